The molecule has 0 unspecified atom stereocenters. The Morgan fingerprint density at radius 2 is 2.08 bits per heavy atom. The monoisotopic (exact) mass is 343 g/mol. The van der Waals surface area contributed by atoms with Crippen LogP contribution < -0.4 is 14.2 Å². The maximum absolute atomic E-state index is 10.8. The molecule has 2 heterocycles. The van der Waals surface area contributed by atoms with Crippen LogP contribution in [0.3, 0.4) is 0 Å². The van der Waals surface area contributed by atoms with E-state index in [0.29, 0.717) is 23.7 Å². The minimum atomic E-state index is -0.00829. The molecular formula is C19H21NO5. The van der Waals surface area contributed by atoms with E-state index in [0.717, 1.165) is 29.7 Å². The molecule has 0 saturated heterocycles. The predicted molar refractivity (Wildman–Crippen MR) is 91.7 cm³/mol. The van der Waals surface area contributed by atoms with Gasteiger partial charge in [-0.25, -0.2) is 0 Å². The molecule has 4 rings (SSSR count). The van der Waals surface area contributed by atoms with Crippen molar-refractivity contribution in [2.24, 2.45) is 0 Å². The van der Waals surface area contributed by atoms with E-state index < -0.39 is 0 Å². The number of ether oxygens (including phenoxy) is 3. The van der Waals surface area contributed by atoms with Crippen LogP contribution in [0.5, 0.6) is 28.7 Å². The van der Waals surface area contributed by atoms with E-state index in [4.69, 9.17) is 14.2 Å². The summed E-state index contributed by atoms with van der Waals surface area (Å²) in [5, 5.41) is 20.8. The van der Waals surface area contributed by atoms with E-state index in [-0.39, 0.29) is 24.3 Å². The van der Waals surface area contributed by atoms with Crippen molar-refractivity contribution in [3.05, 3.63) is 41.0 Å². The summed E-state index contributed by atoms with van der Waals surface area (Å²) in [5.74, 6) is 1.78. The van der Waals surface area contributed by atoms with Crippen LogP contribution in [0.15, 0.2) is 24.3 Å². The lowest BCUT2D eigenvalue weighted by molar-refractivity contribution is 0.171. The van der Waals surface area contributed by atoms with Crippen molar-refractivity contribution < 1.29 is 24.4 Å². The molecule has 0 aromatic heterocycles. The Kier molecular flexibility index (Phi) is 3.84. The summed E-state index contributed by atoms with van der Waals surface area (Å²) in [6.07, 6.45) is 1.51. The summed E-state index contributed by atoms with van der Waals surface area (Å²) in [7, 11) is 3.57. The highest BCUT2D eigenvalue weighted by atomic mass is 16.7. The van der Waals surface area contributed by atoms with E-state index in [1.807, 2.05) is 19.2 Å². The second kappa shape index (κ2) is 6.04. The van der Waals surface area contributed by atoms with Crippen LogP contribution in [0.4, 0.5) is 0 Å². The zero-order valence-corrected chi connectivity index (χ0v) is 14.3. The third-order valence-corrected chi connectivity index (χ3v) is 5.03. The smallest absolute Gasteiger partial charge is 0.231 e. The molecule has 2 N–H and O–H groups in total. The normalized spacial score (nSPS) is 18.9. The quantitative estimate of drug-likeness (QED) is 0.893. The van der Waals surface area contributed by atoms with Crippen LogP contribution in [-0.2, 0) is 12.8 Å². The number of hydrogen-bond acceptors (Lipinski definition) is 6. The van der Waals surface area contributed by atoms with Crippen molar-refractivity contribution in [2.45, 2.75) is 18.9 Å². The minimum absolute atomic E-state index is 0.00829. The number of hydrogen-bond donors (Lipinski definition) is 2. The molecule has 0 fully saturated rings. The largest absolute Gasteiger partial charge is 0.504 e. The number of fused-ring (bicyclic) bond motifs is 2. The van der Waals surface area contributed by atoms with Gasteiger partial charge < -0.3 is 24.4 Å². The van der Waals surface area contributed by atoms with Crippen molar-refractivity contribution in [3.63, 3.8) is 0 Å². The van der Waals surface area contributed by atoms with Crippen molar-refractivity contribution >= 4 is 0 Å². The minimum Gasteiger partial charge on any atom is -0.504 e. The highest BCUT2D eigenvalue weighted by Crippen LogP contribution is 2.49. The number of aromatic hydroxyl groups is 2. The maximum atomic E-state index is 10.8. The van der Waals surface area contributed by atoms with Crippen LogP contribution in [-0.4, -0.2) is 42.6 Å². The van der Waals surface area contributed by atoms with Gasteiger partial charge in [0.1, 0.15) is 0 Å². The lowest BCUT2D eigenvalue weighted by Crippen LogP contribution is -2.33. The zero-order valence-electron chi connectivity index (χ0n) is 14.3. The Morgan fingerprint density at radius 3 is 2.84 bits per heavy atom. The summed E-state index contributed by atoms with van der Waals surface area (Å²) < 4.78 is 16.0. The topological polar surface area (TPSA) is 71.4 Å². The second-order valence-corrected chi connectivity index (χ2v) is 6.49. The van der Waals surface area contributed by atoms with E-state index in [1.54, 1.807) is 12.1 Å². The van der Waals surface area contributed by atoms with Gasteiger partial charge >= 0.3 is 0 Å². The molecule has 2 aromatic rings. The number of phenols is 2. The molecular weight excluding hydrogens is 322 g/mol. The number of nitrogens with zero attached hydrogens (tertiary/aromatic N) is 1. The van der Waals surface area contributed by atoms with Gasteiger partial charge in [0.15, 0.2) is 23.0 Å². The Bertz CT molecular complexity index is 820. The van der Waals surface area contributed by atoms with Crippen LogP contribution in [0.2, 0.25) is 0 Å². The summed E-state index contributed by atoms with van der Waals surface area (Å²) in [4.78, 5) is 2.21. The predicted octanol–water partition coefficient (Wildman–Crippen LogP) is 2.61. The fourth-order valence-electron chi connectivity index (χ4n) is 3.69. The Labute approximate surface area is 146 Å². The molecule has 6 heteroatoms. The highest BCUT2D eigenvalue weighted by molar-refractivity contribution is 5.61. The number of benzene rings is 2. The van der Waals surface area contributed by atoms with E-state index in [9.17, 15) is 10.2 Å². The number of likely N-dealkylation sites (N-methyl/N-ethyl adjacent to an activating group) is 1. The molecule has 2 aliphatic heterocycles. The van der Waals surface area contributed by atoms with Crippen molar-refractivity contribution in [1.29, 1.82) is 0 Å². The molecule has 1 atom stereocenters. The zero-order chi connectivity index (χ0) is 17.6. The van der Waals surface area contributed by atoms with Gasteiger partial charge in [-0.1, -0.05) is 6.07 Å². The molecule has 0 spiro atoms. The Hall–Kier alpha value is -2.60. The van der Waals surface area contributed by atoms with Gasteiger partial charge in [0, 0.05) is 18.2 Å². The molecule has 6 nitrogen and oxygen atoms in total. The summed E-state index contributed by atoms with van der Waals surface area (Å²) in [6.45, 7) is 1.03. The summed E-state index contributed by atoms with van der Waals surface area (Å²) in [6, 6.07) is 7.37. The van der Waals surface area contributed by atoms with Gasteiger partial charge in [-0.3, -0.25) is 4.90 Å². The molecule has 0 radical (unpaired) electrons. The van der Waals surface area contributed by atoms with Gasteiger partial charge in [-0.05, 0) is 49.2 Å². The van der Waals surface area contributed by atoms with E-state index >= 15 is 0 Å². The lowest BCUT2D eigenvalue weighted by Gasteiger charge is -2.35. The van der Waals surface area contributed by atoms with Gasteiger partial charge in [0.05, 0.1) is 7.11 Å². The first-order valence-corrected chi connectivity index (χ1v) is 8.29. The molecule has 0 bridgehead atoms. The van der Waals surface area contributed by atoms with Gasteiger partial charge in [-0.2, -0.15) is 0 Å². The number of methoxy groups -OCH3 is 1. The standard InChI is InChI=1S/C19H21NO5/c1-20-6-5-12-9-16-19(25-10-24-16)18(22)17(12)13(20)7-11-3-4-15(23-2)14(21)8-11/h3-4,8-9,13,21-22H,5-7,10H2,1-2H3/t13-/m0/s1. The summed E-state index contributed by atoms with van der Waals surface area (Å²) >= 11 is 0. The van der Waals surface area contributed by atoms with Gasteiger partial charge in [-0.15, -0.1) is 0 Å². The third kappa shape index (κ3) is 2.62. The molecule has 2 aliphatic rings. The lowest BCUT2D eigenvalue weighted by atomic mass is 9.87. The van der Waals surface area contributed by atoms with Crippen LogP contribution in [0.25, 0.3) is 0 Å². The van der Waals surface area contributed by atoms with Gasteiger partial charge in [0.2, 0.25) is 12.5 Å². The number of phenolic OH excluding ortho intramolecular Hbond substituents is 2. The molecule has 0 saturated carbocycles. The fourth-order valence-corrected chi connectivity index (χ4v) is 3.69. The molecule has 25 heavy (non-hydrogen) atoms. The third-order valence-electron chi connectivity index (χ3n) is 5.03. The van der Waals surface area contributed by atoms with Crippen molar-refractivity contribution in [2.75, 3.05) is 27.5 Å². The summed E-state index contributed by atoms with van der Waals surface area (Å²) in [5.41, 5.74) is 2.94. The van der Waals surface area contributed by atoms with Crippen molar-refractivity contribution in [1.82, 2.24) is 4.90 Å². The van der Waals surface area contributed by atoms with Gasteiger partial charge in [0.25, 0.3) is 0 Å². The molecule has 2 aromatic carbocycles. The van der Waals surface area contributed by atoms with Crippen LogP contribution in [0, 0.1) is 0 Å². The van der Waals surface area contributed by atoms with E-state index in [2.05, 4.69) is 4.90 Å². The molecule has 0 amide bonds. The average Bonchev–Trinajstić information content (AvgIpc) is 3.06. The SMILES string of the molecule is COc1ccc(C[C@H]2c3c(cc4c(c3O)OCO4)CCN2C)cc1O. The van der Waals surface area contributed by atoms with Crippen molar-refractivity contribution in [3.8, 4) is 28.7 Å². The van der Waals surface area contributed by atoms with Crippen LogP contribution >= 0.6 is 0 Å². The molecule has 132 valence electrons. The first-order valence-electron chi connectivity index (χ1n) is 8.29. The maximum Gasteiger partial charge on any atom is 0.231 e. The molecule has 0 aliphatic carbocycles. The fraction of sp³-hybridized carbons (Fsp3) is 0.368. The number of rotatable bonds is 3. The van der Waals surface area contributed by atoms with E-state index in [1.165, 1.54) is 7.11 Å². The Balaban J connectivity index is 1.72. The first-order chi connectivity index (χ1) is 12.1. The second-order valence-electron chi connectivity index (χ2n) is 6.49. The van der Waals surface area contributed by atoms with Crippen LogP contribution in [0.1, 0.15) is 22.7 Å². The first kappa shape index (κ1) is 15.9. The Morgan fingerprint density at radius 1 is 1.24 bits per heavy atom. The highest BCUT2D eigenvalue weighted by Gasteiger charge is 2.33. The average molecular weight is 343 g/mol.